The van der Waals surface area contributed by atoms with E-state index in [1.54, 1.807) is 18.2 Å². The Hall–Kier alpha value is -0.770. The van der Waals surface area contributed by atoms with Crippen molar-refractivity contribution in [2.24, 2.45) is 0 Å². The SMILES string of the molecule is OCc1cccc(Cl)c1OCC1(O)CCCC1. The van der Waals surface area contributed by atoms with Gasteiger partial charge in [0.25, 0.3) is 0 Å². The first-order valence-corrected chi connectivity index (χ1v) is 6.26. The normalized spacial score (nSPS) is 18.3. The fraction of sp³-hybridized carbons (Fsp3) is 0.538. The maximum Gasteiger partial charge on any atom is 0.143 e. The minimum Gasteiger partial charge on any atom is -0.489 e. The molecule has 94 valence electrons. The zero-order valence-corrected chi connectivity index (χ0v) is 10.4. The molecule has 3 nitrogen and oxygen atoms in total. The quantitative estimate of drug-likeness (QED) is 0.870. The van der Waals surface area contributed by atoms with E-state index in [0.29, 0.717) is 16.3 Å². The number of rotatable bonds is 4. The highest BCUT2D eigenvalue weighted by molar-refractivity contribution is 6.32. The Labute approximate surface area is 106 Å². The molecule has 1 saturated carbocycles. The van der Waals surface area contributed by atoms with Crippen LogP contribution in [0, 0.1) is 0 Å². The first-order chi connectivity index (χ1) is 8.14. The maximum absolute atomic E-state index is 10.2. The lowest BCUT2D eigenvalue weighted by molar-refractivity contribution is 0.000856. The van der Waals surface area contributed by atoms with Crippen LogP contribution in [0.15, 0.2) is 18.2 Å². The van der Waals surface area contributed by atoms with Crippen molar-refractivity contribution >= 4 is 11.6 Å². The van der Waals surface area contributed by atoms with Gasteiger partial charge in [-0.15, -0.1) is 0 Å². The molecular weight excluding hydrogens is 240 g/mol. The van der Waals surface area contributed by atoms with E-state index in [-0.39, 0.29) is 13.2 Å². The summed E-state index contributed by atoms with van der Waals surface area (Å²) < 4.78 is 5.60. The Kier molecular flexibility index (Phi) is 3.92. The van der Waals surface area contributed by atoms with Crippen LogP contribution < -0.4 is 4.74 Å². The summed E-state index contributed by atoms with van der Waals surface area (Å²) in [7, 11) is 0. The van der Waals surface area contributed by atoms with E-state index >= 15 is 0 Å². The summed E-state index contributed by atoms with van der Waals surface area (Å²) in [6.45, 7) is 0.123. The number of ether oxygens (including phenoxy) is 1. The highest BCUT2D eigenvalue weighted by Crippen LogP contribution is 2.33. The van der Waals surface area contributed by atoms with E-state index in [4.69, 9.17) is 16.3 Å². The highest BCUT2D eigenvalue weighted by atomic mass is 35.5. The van der Waals surface area contributed by atoms with Gasteiger partial charge in [-0.2, -0.15) is 0 Å². The second kappa shape index (κ2) is 5.25. The van der Waals surface area contributed by atoms with Gasteiger partial charge in [-0.05, 0) is 18.9 Å². The molecule has 2 N–H and O–H groups in total. The maximum atomic E-state index is 10.2. The van der Waals surface area contributed by atoms with Crippen LogP contribution in [0.1, 0.15) is 31.2 Å². The number of aliphatic hydroxyl groups is 2. The van der Waals surface area contributed by atoms with Crippen LogP contribution in [-0.2, 0) is 6.61 Å². The summed E-state index contributed by atoms with van der Waals surface area (Å²) in [4.78, 5) is 0. The molecule has 0 aliphatic heterocycles. The second-order valence-electron chi connectivity index (χ2n) is 4.61. The molecule has 1 fully saturated rings. The van der Waals surface area contributed by atoms with Gasteiger partial charge in [-0.3, -0.25) is 0 Å². The molecule has 2 rings (SSSR count). The zero-order chi connectivity index (χ0) is 12.3. The topological polar surface area (TPSA) is 49.7 Å². The summed E-state index contributed by atoms with van der Waals surface area (Å²) in [6, 6.07) is 5.25. The van der Waals surface area contributed by atoms with Gasteiger partial charge in [-0.1, -0.05) is 36.6 Å². The molecule has 1 aliphatic carbocycles. The van der Waals surface area contributed by atoms with Crippen molar-refractivity contribution in [3.8, 4) is 5.75 Å². The summed E-state index contributed by atoms with van der Waals surface area (Å²) in [5.41, 5.74) is -0.0783. The van der Waals surface area contributed by atoms with Gasteiger partial charge in [0.1, 0.15) is 12.4 Å². The third-order valence-corrected chi connectivity index (χ3v) is 3.54. The lowest BCUT2D eigenvalue weighted by Crippen LogP contribution is -2.32. The minimum absolute atomic E-state index is 0.117. The third kappa shape index (κ3) is 2.92. The molecule has 0 spiro atoms. The van der Waals surface area contributed by atoms with E-state index in [1.807, 2.05) is 0 Å². The Balaban J connectivity index is 2.08. The van der Waals surface area contributed by atoms with Crippen LogP contribution in [0.3, 0.4) is 0 Å². The zero-order valence-electron chi connectivity index (χ0n) is 9.66. The molecule has 1 aromatic rings. The Morgan fingerprint density at radius 1 is 1.29 bits per heavy atom. The molecule has 0 heterocycles. The van der Waals surface area contributed by atoms with Gasteiger partial charge < -0.3 is 14.9 Å². The monoisotopic (exact) mass is 256 g/mol. The van der Waals surface area contributed by atoms with Crippen LogP contribution in [-0.4, -0.2) is 22.4 Å². The average Bonchev–Trinajstić information content (AvgIpc) is 2.75. The highest BCUT2D eigenvalue weighted by Gasteiger charge is 2.32. The molecule has 0 unspecified atom stereocenters. The van der Waals surface area contributed by atoms with Crippen molar-refractivity contribution in [2.45, 2.75) is 37.9 Å². The molecule has 0 amide bonds. The predicted molar refractivity (Wildman–Crippen MR) is 66.3 cm³/mol. The van der Waals surface area contributed by atoms with Crippen molar-refractivity contribution in [3.05, 3.63) is 28.8 Å². The summed E-state index contributed by atoms with van der Waals surface area (Å²) in [6.07, 6.45) is 3.61. The van der Waals surface area contributed by atoms with E-state index in [1.165, 1.54) is 0 Å². The largest absolute Gasteiger partial charge is 0.489 e. The number of halogens is 1. The van der Waals surface area contributed by atoms with Crippen molar-refractivity contribution in [3.63, 3.8) is 0 Å². The van der Waals surface area contributed by atoms with E-state index in [2.05, 4.69) is 0 Å². The van der Waals surface area contributed by atoms with Gasteiger partial charge in [0.05, 0.1) is 17.2 Å². The van der Waals surface area contributed by atoms with Gasteiger partial charge in [-0.25, -0.2) is 0 Å². The molecule has 0 saturated heterocycles. The number of hydrogen-bond donors (Lipinski definition) is 2. The molecule has 0 radical (unpaired) electrons. The smallest absolute Gasteiger partial charge is 0.143 e. The molecule has 0 bridgehead atoms. The number of hydrogen-bond acceptors (Lipinski definition) is 3. The summed E-state index contributed by atoms with van der Waals surface area (Å²) in [5.74, 6) is 0.483. The van der Waals surface area contributed by atoms with Crippen molar-refractivity contribution in [1.29, 1.82) is 0 Å². The lowest BCUT2D eigenvalue weighted by atomic mass is 10.0. The van der Waals surface area contributed by atoms with Gasteiger partial charge in [0.15, 0.2) is 0 Å². The van der Waals surface area contributed by atoms with Crippen LogP contribution in [0.25, 0.3) is 0 Å². The second-order valence-corrected chi connectivity index (χ2v) is 5.01. The van der Waals surface area contributed by atoms with E-state index < -0.39 is 5.60 Å². The predicted octanol–water partition coefficient (Wildman–Crippen LogP) is 2.52. The molecule has 0 aromatic heterocycles. The molecule has 1 aromatic carbocycles. The van der Waals surface area contributed by atoms with Gasteiger partial charge >= 0.3 is 0 Å². The number of aliphatic hydroxyl groups excluding tert-OH is 1. The Bertz CT molecular complexity index is 386. The molecular formula is C13H17ClO3. The van der Waals surface area contributed by atoms with Gasteiger partial charge in [0, 0.05) is 5.56 Å². The van der Waals surface area contributed by atoms with Crippen molar-refractivity contribution < 1.29 is 14.9 Å². The molecule has 17 heavy (non-hydrogen) atoms. The van der Waals surface area contributed by atoms with Gasteiger partial charge in [0.2, 0.25) is 0 Å². The Morgan fingerprint density at radius 3 is 2.65 bits per heavy atom. The molecule has 0 atom stereocenters. The lowest BCUT2D eigenvalue weighted by Gasteiger charge is -2.23. The first kappa shape index (κ1) is 12.7. The average molecular weight is 257 g/mol. The number of benzene rings is 1. The van der Waals surface area contributed by atoms with E-state index in [0.717, 1.165) is 25.7 Å². The van der Waals surface area contributed by atoms with Crippen LogP contribution in [0.4, 0.5) is 0 Å². The van der Waals surface area contributed by atoms with Crippen molar-refractivity contribution in [2.75, 3.05) is 6.61 Å². The van der Waals surface area contributed by atoms with Crippen LogP contribution in [0.2, 0.25) is 5.02 Å². The third-order valence-electron chi connectivity index (χ3n) is 3.24. The fourth-order valence-corrected chi connectivity index (χ4v) is 2.47. The standard InChI is InChI=1S/C13H17ClO3/c14-11-5-3-4-10(8-15)12(11)17-9-13(16)6-1-2-7-13/h3-5,15-16H,1-2,6-9H2. The fourth-order valence-electron chi connectivity index (χ4n) is 2.22. The summed E-state index contributed by atoms with van der Waals surface area (Å²) >= 11 is 6.02. The van der Waals surface area contributed by atoms with Crippen LogP contribution in [0.5, 0.6) is 5.75 Å². The Morgan fingerprint density at radius 2 is 2.00 bits per heavy atom. The molecule has 4 heteroatoms. The number of para-hydroxylation sites is 1. The van der Waals surface area contributed by atoms with E-state index in [9.17, 15) is 10.2 Å². The van der Waals surface area contributed by atoms with Crippen molar-refractivity contribution in [1.82, 2.24) is 0 Å². The van der Waals surface area contributed by atoms with Crippen LogP contribution >= 0.6 is 11.6 Å². The minimum atomic E-state index is -0.730. The first-order valence-electron chi connectivity index (χ1n) is 5.88. The summed E-state index contributed by atoms with van der Waals surface area (Å²) in [5, 5.41) is 19.8. The molecule has 1 aliphatic rings.